The Hall–Kier alpha value is 0.350. The van der Waals surface area contributed by atoms with Crippen LogP contribution in [0.2, 0.25) is 0 Å². The predicted octanol–water partition coefficient (Wildman–Crippen LogP) is 1.90. The molecule has 0 spiro atoms. The second-order valence-electron chi connectivity index (χ2n) is 2.85. The highest BCUT2D eigenvalue weighted by Crippen LogP contribution is 2.31. The Kier molecular flexibility index (Phi) is 6.12. The first kappa shape index (κ1) is 11.4. The van der Waals surface area contributed by atoms with Crippen molar-refractivity contribution in [2.75, 3.05) is 6.16 Å². The molecule has 11 heavy (non-hydrogen) atoms. The number of rotatable bonds is 6. The maximum absolute atomic E-state index is 9.31. The van der Waals surface area contributed by atoms with E-state index in [0.29, 0.717) is 6.42 Å². The fourth-order valence-corrected chi connectivity index (χ4v) is 2.26. The van der Waals surface area contributed by atoms with Gasteiger partial charge in [-0.3, -0.25) is 0 Å². The van der Waals surface area contributed by atoms with Gasteiger partial charge in [0.2, 0.25) is 0 Å². The van der Waals surface area contributed by atoms with Crippen LogP contribution in [0.3, 0.4) is 0 Å². The lowest BCUT2D eigenvalue weighted by molar-refractivity contribution is -0.0851. The molecule has 0 heterocycles. The van der Waals surface area contributed by atoms with Gasteiger partial charge in [0.15, 0.2) is 5.53 Å². The minimum absolute atomic E-state index is 0.284. The maximum Gasteiger partial charge on any atom is 0.178 e. The van der Waals surface area contributed by atoms with Crippen LogP contribution in [0.5, 0.6) is 0 Å². The highest BCUT2D eigenvalue weighted by molar-refractivity contribution is 7.39. The van der Waals surface area contributed by atoms with Crippen molar-refractivity contribution in [2.45, 2.75) is 45.1 Å². The van der Waals surface area contributed by atoms with Crippen molar-refractivity contribution in [2.24, 2.45) is 0 Å². The van der Waals surface area contributed by atoms with Crippen molar-refractivity contribution in [3.05, 3.63) is 0 Å². The van der Waals surface area contributed by atoms with Gasteiger partial charge in [-0.15, -0.1) is 0 Å². The van der Waals surface area contributed by atoms with Gasteiger partial charge in [0.25, 0.3) is 0 Å². The quantitative estimate of drug-likeness (QED) is 0.370. The SMILES string of the molecule is CCCCPC(O)(O)CCC. The second kappa shape index (κ2) is 5.93. The third-order valence-corrected chi connectivity index (χ3v) is 2.96. The summed E-state index contributed by atoms with van der Waals surface area (Å²) >= 11 is 0. The van der Waals surface area contributed by atoms with Crippen molar-refractivity contribution < 1.29 is 10.2 Å². The monoisotopic (exact) mass is 178 g/mol. The van der Waals surface area contributed by atoms with E-state index >= 15 is 0 Å². The number of hydrogen-bond acceptors (Lipinski definition) is 2. The lowest BCUT2D eigenvalue weighted by Crippen LogP contribution is -2.21. The summed E-state index contributed by atoms with van der Waals surface area (Å²) in [5.74, 6) is 0. The van der Waals surface area contributed by atoms with Crippen molar-refractivity contribution in [1.82, 2.24) is 0 Å². The molecule has 0 aromatic rings. The first-order valence-corrected chi connectivity index (χ1v) is 5.53. The molecule has 0 aromatic heterocycles. The minimum atomic E-state index is -1.37. The first-order chi connectivity index (χ1) is 5.12. The molecule has 2 N–H and O–H groups in total. The van der Waals surface area contributed by atoms with Gasteiger partial charge < -0.3 is 10.2 Å². The van der Waals surface area contributed by atoms with Crippen molar-refractivity contribution in [1.29, 1.82) is 0 Å². The Morgan fingerprint density at radius 3 is 2.27 bits per heavy atom. The highest BCUT2D eigenvalue weighted by Gasteiger charge is 2.19. The normalized spacial score (nSPS) is 13.1. The van der Waals surface area contributed by atoms with Gasteiger partial charge in [-0.2, -0.15) is 0 Å². The average molecular weight is 178 g/mol. The molecule has 1 atom stereocenters. The van der Waals surface area contributed by atoms with Crippen LogP contribution in [0.25, 0.3) is 0 Å². The molecule has 0 amide bonds. The van der Waals surface area contributed by atoms with Gasteiger partial charge in [-0.1, -0.05) is 35.3 Å². The van der Waals surface area contributed by atoms with Crippen LogP contribution < -0.4 is 0 Å². The van der Waals surface area contributed by atoms with Gasteiger partial charge in [-0.25, -0.2) is 0 Å². The van der Waals surface area contributed by atoms with E-state index < -0.39 is 5.53 Å². The zero-order valence-electron chi connectivity index (χ0n) is 7.43. The zero-order valence-corrected chi connectivity index (χ0v) is 8.43. The van der Waals surface area contributed by atoms with E-state index in [1.807, 2.05) is 6.92 Å². The summed E-state index contributed by atoms with van der Waals surface area (Å²) in [6, 6.07) is 0. The van der Waals surface area contributed by atoms with E-state index in [-0.39, 0.29) is 8.58 Å². The molecule has 0 bridgehead atoms. The van der Waals surface area contributed by atoms with Crippen LogP contribution in [0.4, 0.5) is 0 Å². The molecule has 2 nitrogen and oxygen atoms in total. The molecule has 1 unspecified atom stereocenters. The Balaban J connectivity index is 3.38. The summed E-state index contributed by atoms with van der Waals surface area (Å²) in [5, 5.41) is 18.6. The van der Waals surface area contributed by atoms with Crippen LogP contribution in [0, 0.1) is 0 Å². The number of unbranched alkanes of at least 4 members (excludes halogenated alkanes) is 1. The summed E-state index contributed by atoms with van der Waals surface area (Å²) in [5.41, 5.74) is -1.37. The minimum Gasteiger partial charge on any atom is -0.362 e. The zero-order chi connectivity index (χ0) is 8.74. The summed E-state index contributed by atoms with van der Waals surface area (Å²) in [7, 11) is 0.284. The fourth-order valence-electron chi connectivity index (χ4n) is 0.902. The van der Waals surface area contributed by atoms with Crippen molar-refractivity contribution in [3.63, 3.8) is 0 Å². The van der Waals surface area contributed by atoms with Gasteiger partial charge in [0.05, 0.1) is 0 Å². The molecule has 0 fully saturated rings. The van der Waals surface area contributed by atoms with E-state index in [2.05, 4.69) is 6.92 Å². The molecule has 0 radical (unpaired) electrons. The van der Waals surface area contributed by atoms with Gasteiger partial charge >= 0.3 is 0 Å². The summed E-state index contributed by atoms with van der Waals surface area (Å²) in [6.45, 7) is 4.08. The third kappa shape index (κ3) is 6.74. The Morgan fingerprint density at radius 1 is 1.18 bits per heavy atom. The largest absolute Gasteiger partial charge is 0.362 e. The van der Waals surface area contributed by atoms with Crippen molar-refractivity contribution in [3.8, 4) is 0 Å². The molecule has 0 aliphatic heterocycles. The first-order valence-electron chi connectivity index (χ1n) is 4.32. The molecule has 0 aromatic carbocycles. The average Bonchev–Trinajstić information content (AvgIpc) is 1.87. The molecule has 0 saturated heterocycles. The Labute approximate surface area is 70.8 Å². The number of hydrogen-bond donors (Lipinski definition) is 2. The summed E-state index contributed by atoms with van der Waals surface area (Å²) < 4.78 is 0. The molecule has 3 heteroatoms. The van der Waals surface area contributed by atoms with E-state index in [9.17, 15) is 10.2 Å². The number of aliphatic hydroxyl groups is 2. The smallest absolute Gasteiger partial charge is 0.178 e. The molecule has 68 valence electrons. The Morgan fingerprint density at radius 2 is 1.82 bits per heavy atom. The van der Waals surface area contributed by atoms with Crippen LogP contribution in [-0.2, 0) is 0 Å². The van der Waals surface area contributed by atoms with E-state index in [0.717, 1.165) is 25.4 Å². The molecule has 0 aliphatic carbocycles. The van der Waals surface area contributed by atoms with E-state index in [4.69, 9.17) is 0 Å². The van der Waals surface area contributed by atoms with E-state index in [1.54, 1.807) is 0 Å². The van der Waals surface area contributed by atoms with E-state index in [1.165, 1.54) is 0 Å². The maximum atomic E-state index is 9.31. The Bertz CT molecular complexity index is 94.1. The molecule has 0 aliphatic rings. The van der Waals surface area contributed by atoms with Crippen LogP contribution in [0.1, 0.15) is 39.5 Å². The topological polar surface area (TPSA) is 40.5 Å². The van der Waals surface area contributed by atoms with Crippen molar-refractivity contribution >= 4 is 8.58 Å². The highest BCUT2D eigenvalue weighted by atomic mass is 31.1. The lowest BCUT2D eigenvalue weighted by atomic mass is 10.3. The van der Waals surface area contributed by atoms with Gasteiger partial charge in [0, 0.05) is 6.42 Å². The standard InChI is InChI=1S/C8H19O2P/c1-3-5-7-11-8(9,10)6-4-2/h9-11H,3-7H2,1-2H3. The predicted molar refractivity (Wildman–Crippen MR) is 50.2 cm³/mol. The lowest BCUT2D eigenvalue weighted by Gasteiger charge is -2.20. The van der Waals surface area contributed by atoms with Gasteiger partial charge in [0.1, 0.15) is 0 Å². The van der Waals surface area contributed by atoms with Crippen LogP contribution >= 0.6 is 8.58 Å². The summed E-state index contributed by atoms with van der Waals surface area (Å²) in [4.78, 5) is 0. The van der Waals surface area contributed by atoms with Crippen LogP contribution in [-0.4, -0.2) is 21.9 Å². The molecular weight excluding hydrogens is 159 g/mol. The fraction of sp³-hybridized carbons (Fsp3) is 1.00. The third-order valence-electron chi connectivity index (χ3n) is 1.54. The molecular formula is C8H19O2P. The summed E-state index contributed by atoms with van der Waals surface area (Å²) in [6.07, 6.45) is 4.53. The van der Waals surface area contributed by atoms with Crippen LogP contribution in [0.15, 0.2) is 0 Å². The van der Waals surface area contributed by atoms with Gasteiger partial charge in [-0.05, 0) is 12.6 Å². The second-order valence-corrected chi connectivity index (χ2v) is 4.50. The molecule has 0 rings (SSSR count). The molecule has 0 saturated carbocycles.